The molecule has 238 valence electrons. The Morgan fingerprint density at radius 3 is 1.93 bits per heavy atom. The highest BCUT2D eigenvalue weighted by atomic mass is 16.6. The van der Waals surface area contributed by atoms with Gasteiger partial charge in [-0.25, -0.2) is 9.59 Å². The smallest absolute Gasteiger partial charge is 0.407 e. The highest BCUT2D eigenvalue weighted by molar-refractivity contribution is 5.92. The summed E-state index contributed by atoms with van der Waals surface area (Å²) in [6.45, 7) is 8.91. The van der Waals surface area contributed by atoms with E-state index < -0.39 is 48.1 Å². The first-order chi connectivity index (χ1) is 21.4. The van der Waals surface area contributed by atoms with Crippen LogP contribution in [-0.2, 0) is 30.3 Å². The Bertz CT molecular complexity index is 1450. The Morgan fingerprint density at radius 2 is 1.36 bits per heavy atom. The van der Waals surface area contributed by atoms with Gasteiger partial charge in [-0.05, 0) is 60.9 Å². The summed E-state index contributed by atoms with van der Waals surface area (Å²) in [6.07, 6.45) is -0.180. The number of esters is 1. The molecular weight excluding hydrogens is 570 g/mol. The maximum absolute atomic E-state index is 13.5. The first-order valence-electron chi connectivity index (χ1n) is 15.4. The minimum Gasteiger partial charge on any atom is -0.458 e. The fourth-order valence-corrected chi connectivity index (χ4v) is 5.44. The van der Waals surface area contributed by atoms with Crippen LogP contribution in [0.3, 0.4) is 0 Å². The van der Waals surface area contributed by atoms with E-state index in [1.807, 2.05) is 80.6 Å². The number of rotatable bonds is 12. The highest BCUT2D eigenvalue weighted by Gasteiger charge is 2.31. The lowest BCUT2D eigenvalue weighted by Gasteiger charge is -2.27. The summed E-state index contributed by atoms with van der Waals surface area (Å²) in [4.78, 5) is 52.0. The molecule has 0 radical (unpaired) electrons. The predicted octanol–water partition coefficient (Wildman–Crippen LogP) is 5.13. The molecule has 0 aliphatic heterocycles. The summed E-state index contributed by atoms with van der Waals surface area (Å²) in [5.74, 6) is -1.64. The van der Waals surface area contributed by atoms with Crippen molar-refractivity contribution in [2.75, 3.05) is 13.2 Å². The number of ether oxygens (including phenoxy) is 2. The predicted molar refractivity (Wildman–Crippen MR) is 172 cm³/mol. The molecule has 0 aromatic heterocycles. The largest absolute Gasteiger partial charge is 0.458 e. The second-order valence-electron chi connectivity index (χ2n) is 12.7. The molecule has 0 spiro atoms. The summed E-state index contributed by atoms with van der Waals surface area (Å²) in [5.41, 5.74) is 4.50. The molecule has 4 rings (SSSR count). The van der Waals surface area contributed by atoms with Gasteiger partial charge in [-0.15, -0.1) is 0 Å². The molecule has 0 saturated heterocycles. The van der Waals surface area contributed by atoms with Crippen molar-refractivity contribution in [2.24, 2.45) is 5.92 Å². The summed E-state index contributed by atoms with van der Waals surface area (Å²) < 4.78 is 11.1. The van der Waals surface area contributed by atoms with Crippen molar-refractivity contribution in [3.8, 4) is 11.1 Å². The van der Waals surface area contributed by atoms with Gasteiger partial charge >= 0.3 is 12.1 Å². The van der Waals surface area contributed by atoms with Crippen LogP contribution in [0.25, 0.3) is 11.1 Å². The van der Waals surface area contributed by atoms with Crippen LogP contribution in [0.2, 0.25) is 0 Å². The van der Waals surface area contributed by atoms with Crippen molar-refractivity contribution in [3.63, 3.8) is 0 Å². The van der Waals surface area contributed by atoms with Crippen molar-refractivity contribution in [1.29, 1.82) is 0 Å². The monoisotopic (exact) mass is 613 g/mol. The van der Waals surface area contributed by atoms with E-state index in [0.29, 0.717) is 6.42 Å². The van der Waals surface area contributed by atoms with Gasteiger partial charge in [-0.1, -0.05) is 92.7 Å². The molecule has 0 saturated carbocycles. The highest BCUT2D eigenvalue weighted by Crippen LogP contribution is 2.44. The van der Waals surface area contributed by atoms with Crippen molar-refractivity contribution in [2.45, 2.75) is 71.1 Å². The van der Waals surface area contributed by atoms with E-state index in [9.17, 15) is 19.2 Å². The van der Waals surface area contributed by atoms with Crippen LogP contribution in [0.15, 0.2) is 78.9 Å². The lowest BCUT2D eigenvalue weighted by atomic mass is 9.98. The van der Waals surface area contributed by atoms with Gasteiger partial charge in [0.05, 0.1) is 0 Å². The van der Waals surface area contributed by atoms with Gasteiger partial charge < -0.3 is 25.4 Å². The fourth-order valence-electron chi connectivity index (χ4n) is 5.44. The molecule has 1 aliphatic rings. The van der Waals surface area contributed by atoms with Crippen LogP contribution in [0.5, 0.6) is 0 Å². The molecule has 0 heterocycles. The number of alkyl carbamates (subject to hydrolysis) is 1. The molecular formula is C36H43N3O6. The van der Waals surface area contributed by atoms with E-state index >= 15 is 0 Å². The van der Waals surface area contributed by atoms with Crippen LogP contribution >= 0.6 is 0 Å². The molecule has 3 N–H and O–H groups in total. The van der Waals surface area contributed by atoms with Crippen LogP contribution in [-0.4, -0.2) is 54.7 Å². The van der Waals surface area contributed by atoms with E-state index in [1.165, 1.54) is 0 Å². The Hall–Kier alpha value is -4.66. The number of hydrogen-bond acceptors (Lipinski definition) is 6. The number of carbonyl (C=O) groups excluding carboxylic acids is 4. The third-order valence-corrected chi connectivity index (χ3v) is 7.39. The van der Waals surface area contributed by atoms with Gasteiger partial charge in [0.1, 0.15) is 30.8 Å². The minimum atomic E-state index is -0.999. The zero-order valence-corrected chi connectivity index (χ0v) is 26.6. The maximum Gasteiger partial charge on any atom is 0.407 e. The molecule has 0 fully saturated rings. The topological polar surface area (TPSA) is 123 Å². The maximum atomic E-state index is 13.5. The normalized spacial score (nSPS) is 13.6. The van der Waals surface area contributed by atoms with Crippen molar-refractivity contribution >= 4 is 23.9 Å². The number of hydrogen-bond donors (Lipinski definition) is 3. The van der Waals surface area contributed by atoms with E-state index in [2.05, 4.69) is 28.1 Å². The average Bonchev–Trinajstić information content (AvgIpc) is 3.31. The summed E-state index contributed by atoms with van der Waals surface area (Å²) in [5, 5.41) is 8.00. The Kier molecular flexibility index (Phi) is 11.0. The summed E-state index contributed by atoms with van der Waals surface area (Å²) in [6, 6.07) is 23.4. The molecule has 3 aromatic rings. The van der Waals surface area contributed by atoms with Gasteiger partial charge in [0.15, 0.2) is 0 Å². The number of amides is 3. The standard InChI is InChI=1S/C36H43N3O6/c1-23(2)19-31(34(42)45-36(3,4)5)39-33(41)30(20-24-13-7-6-8-14-24)38-32(40)21-37-35(43)44-22-29-27-17-11-9-15-25(27)26-16-10-12-18-28(26)29/h6-18,23,29-31H,19-22H2,1-5H3,(H,37,43)(H,38,40)(H,39,41)/t30-,31-/m0/s1. The van der Waals surface area contributed by atoms with Gasteiger partial charge in [0, 0.05) is 12.3 Å². The molecule has 2 atom stereocenters. The SMILES string of the molecule is CC(C)C[C@H](NC(=O)[C@H](Cc1ccccc1)NC(=O)CNC(=O)OCC1c2ccccc2-c2ccccc21)C(=O)OC(C)(C)C. The number of nitrogens with one attached hydrogen (secondary N) is 3. The van der Waals surface area contributed by atoms with Crippen molar-refractivity contribution in [3.05, 3.63) is 95.6 Å². The third-order valence-electron chi connectivity index (χ3n) is 7.39. The molecule has 9 nitrogen and oxygen atoms in total. The second-order valence-corrected chi connectivity index (χ2v) is 12.7. The molecule has 3 aromatic carbocycles. The van der Waals surface area contributed by atoms with Crippen LogP contribution < -0.4 is 16.0 Å². The third kappa shape index (κ3) is 9.41. The lowest BCUT2D eigenvalue weighted by molar-refractivity contribution is -0.159. The lowest BCUT2D eigenvalue weighted by Crippen LogP contribution is -2.54. The van der Waals surface area contributed by atoms with E-state index in [-0.39, 0.29) is 24.9 Å². The quantitative estimate of drug-likeness (QED) is 0.244. The Labute approximate surface area is 265 Å². The van der Waals surface area contributed by atoms with E-state index in [0.717, 1.165) is 27.8 Å². The van der Waals surface area contributed by atoms with Crippen LogP contribution in [0.4, 0.5) is 4.79 Å². The molecule has 1 aliphatic carbocycles. The minimum absolute atomic E-state index is 0.103. The van der Waals surface area contributed by atoms with E-state index in [1.54, 1.807) is 20.8 Å². The fraction of sp³-hybridized carbons (Fsp3) is 0.389. The van der Waals surface area contributed by atoms with Gasteiger partial charge in [-0.3, -0.25) is 9.59 Å². The first kappa shape index (κ1) is 33.2. The molecule has 0 unspecified atom stereocenters. The van der Waals surface area contributed by atoms with Crippen LogP contribution in [0.1, 0.15) is 63.6 Å². The second kappa shape index (κ2) is 14.9. The molecule has 3 amide bonds. The van der Waals surface area contributed by atoms with Crippen LogP contribution in [0, 0.1) is 5.92 Å². The Balaban J connectivity index is 1.36. The average molecular weight is 614 g/mol. The Morgan fingerprint density at radius 1 is 0.778 bits per heavy atom. The van der Waals surface area contributed by atoms with Gasteiger partial charge in [0.2, 0.25) is 11.8 Å². The zero-order chi connectivity index (χ0) is 32.6. The van der Waals surface area contributed by atoms with Gasteiger partial charge in [0.25, 0.3) is 0 Å². The molecule has 45 heavy (non-hydrogen) atoms. The van der Waals surface area contributed by atoms with Crippen molar-refractivity contribution in [1.82, 2.24) is 16.0 Å². The summed E-state index contributed by atoms with van der Waals surface area (Å²) >= 11 is 0. The number of benzene rings is 3. The van der Waals surface area contributed by atoms with Gasteiger partial charge in [-0.2, -0.15) is 0 Å². The summed E-state index contributed by atoms with van der Waals surface area (Å²) in [7, 11) is 0. The van der Waals surface area contributed by atoms with E-state index in [4.69, 9.17) is 9.47 Å². The number of fused-ring (bicyclic) bond motifs is 3. The number of carbonyl (C=O) groups is 4. The molecule has 9 heteroatoms. The van der Waals surface area contributed by atoms with Crippen molar-refractivity contribution < 1.29 is 28.7 Å². The zero-order valence-electron chi connectivity index (χ0n) is 26.6. The molecule has 0 bridgehead atoms. The first-order valence-corrected chi connectivity index (χ1v) is 15.4.